The Morgan fingerprint density at radius 1 is 1.25 bits per heavy atom. The van der Waals surface area contributed by atoms with Crippen LogP contribution < -0.4 is 5.32 Å². The average Bonchev–Trinajstić information content (AvgIpc) is 2.41. The van der Waals surface area contributed by atoms with E-state index in [1.54, 1.807) is 0 Å². The van der Waals surface area contributed by atoms with E-state index in [4.69, 9.17) is 5.11 Å². The maximum atomic E-state index is 12.1. The molecule has 1 heterocycles. The van der Waals surface area contributed by atoms with Crippen molar-refractivity contribution in [1.82, 2.24) is 4.90 Å². The van der Waals surface area contributed by atoms with Crippen molar-refractivity contribution in [3.8, 4) is 0 Å². The van der Waals surface area contributed by atoms with E-state index in [-0.39, 0.29) is 18.4 Å². The van der Waals surface area contributed by atoms with Crippen LogP contribution >= 0.6 is 15.9 Å². The number of likely N-dealkylation sites (tertiary alicyclic amines) is 1. The quantitative estimate of drug-likeness (QED) is 0.881. The molecule has 1 aliphatic rings. The highest BCUT2D eigenvalue weighted by Crippen LogP contribution is 2.20. The van der Waals surface area contributed by atoms with Gasteiger partial charge < -0.3 is 10.4 Å². The molecular formula is C14H17BrN2O3. The summed E-state index contributed by atoms with van der Waals surface area (Å²) < 4.78 is 0.970. The molecule has 0 atom stereocenters. The van der Waals surface area contributed by atoms with Crippen LogP contribution in [0.1, 0.15) is 12.8 Å². The number of benzene rings is 1. The minimum Gasteiger partial charge on any atom is -0.480 e. The zero-order valence-electron chi connectivity index (χ0n) is 11.0. The predicted molar refractivity (Wildman–Crippen MR) is 79.6 cm³/mol. The van der Waals surface area contributed by atoms with Crippen LogP contribution in [-0.2, 0) is 9.59 Å². The molecule has 5 nitrogen and oxygen atoms in total. The first-order valence-electron chi connectivity index (χ1n) is 6.55. The summed E-state index contributed by atoms with van der Waals surface area (Å²) in [7, 11) is 0. The molecule has 2 rings (SSSR count). The molecule has 0 radical (unpaired) electrons. The summed E-state index contributed by atoms with van der Waals surface area (Å²) in [6.07, 6.45) is 1.41. The van der Waals surface area contributed by atoms with Crippen LogP contribution in [0.2, 0.25) is 0 Å². The van der Waals surface area contributed by atoms with Gasteiger partial charge in [-0.05, 0) is 50.2 Å². The van der Waals surface area contributed by atoms with Crippen molar-refractivity contribution in [3.63, 3.8) is 0 Å². The molecule has 0 saturated carbocycles. The van der Waals surface area contributed by atoms with Crippen LogP contribution in [0.15, 0.2) is 28.7 Å². The van der Waals surface area contributed by atoms with Crippen LogP contribution in [0, 0.1) is 5.92 Å². The van der Waals surface area contributed by atoms with Crippen molar-refractivity contribution in [2.24, 2.45) is 5.92 Å². The van der Waals surface area contributed by atoms with Gasteiger partial charge >= 0.3 is 5.97 Å². The molecule has 1 aromatic rings. The first-order valence-corrected chi connectivity index (χ1v) is 7.34. The number of nitrogens with one attached hydrogen (secondary N) is 1. The number of amides is 1. The van der Waals surface area contributed by atoms with E-state index in [0.717, 1.165) is 10.2 Å². The fraction of sp³-hybridized carbons (Fsp3) is 0.429. The Kier molecular flexibility index (Phi) is 5.14. The molecular weight excluding hydrogens is 324 g/mol. The molecule has 2 N–H and O–H groups in total. The second kappa shape index (κ2) is 6.85. The fourth-order valence-corrected chi connectivity index (χ4v) is 2.59. The highest BCUT2D eigenvalue weighted by atomic mass is 79.9. The molecule has 1 aliphatic heterocycles. The van der Waals surface area contributed by atoms with E-state index in [1.807, 2.05) is 29.2 Å². The Bertz CT molecular complexity index is 482. The number of carbonyl (C=O) groups excluding carboxylic acids is 1. The van der Waals surface area contributed by atoms with Crippen LogP contribution in [0.3, 0.4) is 0 Å². The summed E-state index contributed by atoms with van der Waals surface area (Å²) in [4.78, 5) is 24.6. The lowest BCUT2D eigenvalue weighted by Crippen LogP contribution is -2.40. The van der Waals surface area contributed by atoms with E-state index in [2.05, 4.69) is 21.2 Å². The maximum absolute atomic E-state index is 12.1. The Morgan fingerprint density at radius 3 is 2.40 bits per heavy atom. The van der Waals surface area contributed by atoms with E-state index in [9.17, 15) is 9.59 Å². The van der Waals surface area contributed by atoms with E-state index in [1.165, 1.54) is 0 Å². The largest absolute Gasteiger partial charge is 0.480 e. The molecule has 0 bridgehead atoms. The normalized spacial score (nSPS) is 16.9. The smallest absolute Gasteiger partial charge is 0.317 e. The van der Waals surface area contributed by atoms with E-state index in [0.29, 0.717) is 25.9 Å². The number of anilines is 1. The standard InChI is InChI=1S/C14H17BrN2O3/c15-11-1-3-12(4-2-11)16-14(20)10-5-7-17(8-6-10)9-13(18)19/h1-4,10H,5-9H2,(H,16,20)(H,18,19). The van der Waals surface area contributed by atoms with Gasteiger partial charge in [0.25, 0.3) is 0 Å². The Morgan fingerprint density at radius 2 is 1.85 bits per heavy atom. The summed E-state index contributed by atoms with van der Waals surface area (Å²) in [5.41, 5.74) is 0.783. The Hall–Kier alpha value is -1.40. The number of halogens is 1. The first kappa shape index (κ1) is 15.0. The zero-order chi connectivity index (χ0) is 14.5. The van der Waals surface area contributed by atoms with Gasteiger partial charge in [0.15, 0.2) is 0 Å². The zero-order valence-corrected chi connectivity index (χ0v) is 12.6. The molecule has 6 heteroatoms. The summed E-state index contributed by atoms with van der Waals surface area (Å²) in [6, 6.07) is 7.46. The van der Waals surface area contributed by atoms with Gasteiger partial charge in [-0.1, -0.05) is 15.9 Å². The van der Waals surface area contributed by atoms with Gasteiger partial charge in [0.1, 0.15) is 0 Å². The lowest BCUT2D eigenvalue weighted by Gasteiger charge is -2.29. The number of carboxylic acids is 1. The minimum absolute atomic E-state index is 0.0160. The summed E-state index contributed by atoms with van der Waals surface area (Å²) in [5, 5.41) is 11.6. The van der Waals surface area contributed by atoms with E-state index < -0.39 is 5.97 Å². The van der Waals surface area contributed by atoms with Crippen molar-refractivity contribution in [2.75, 3.05) is 25.0 Å². The number of nitrogens with zero attached hydrogens (tertiary/aromatic N) is 1. The fourth-order valence-electron chi connectivity index (χ4n) is 2.32. The third-order valence-corrected chi connectivity index (χ3v) is 3.96. The van der Waals surface area contributed by atoms with Gasteiger partial charge in [-0.2, -0.15) is 0 Å². The van der Waals surface area contributed by atoms with E-state index >= 15 is 0 Å². The van der Waals surface area contributed by atoms with Crippen LogP contribution in [0.25, 0.3) is 0 Å². The molecule has 1 aromatic carbocycles. The molecule has 1 fully saturated rings. The van der Waals surface area contributed by atoms with Gasteiger partial charge in [-0.3, -0.25) is 14.5 Å². The van der Waals surface area contributed by atoms with Crippen molar-refractivity contribution >= 4 is 33.5 Å². The molecule has 0 spiro atoms. The number of carboxylic acid groups (broad SMARTS) is 1. The molecule has 1 amide bonds. The topological polar surface area (TPSA) is 69.6 Å². The number of hydrogen-bond donors (Lipinski definition) is 2. The number of rotatable bonds is 4. The third-order valence-electron chi connectivity index (χ3n) is 3.43. The van der Waals surface area contributed by atoms with Gasteiger partial charge in [0.05, 0.1) is 6.54 Å². The lowest BCUT2D eigenvalue weighted by atomic mass is 9.96. The third kappa shape index (κ3) is 4.31. The highest BCUT2D eigenvalue weighted by Gasteiger charge is 2.25. The van der Waals surface area contributed by atoms with Crippen LogP contribution in [-0.4, -0.2) is 41.5 Å². The molecule has 1 saturated heterocycles. The van der Waals surface area contributed by atoms with Crippen molar-refractivity contribution in [1.29, 1.82) is 0 Å². The monoisotopic (exact) mass is 340 g/mol. The highest BCUT2D eigenvalue weighted by molar-refractivity contribution is 9.10. The molecule has 0 aliphatic carbocycles. The second-order valence-electron chi connectivity index (χ2n) is 4.94. The SMILES string of the molecule is O=C(O)CN1CCC(C(=O)Nc2ccc(Br)cc2)CC1. The summed E-state index contributed by atoms with van der Waals surface area (Å²) >= 11 is 3.35. The summed E-state index contributed by atoms with van der Waals surface area (Å²) in [6.45, 7) is 1.37. The van der Waals surface area contributed by atoms with Gasteiger partial charge in [0, 0.05) is 16.1 Å². The number of hydrogen-bond acceptors (Lipinski definition) is 3. The molecule has 0 unspecified atom stereocenters. The van der Waals surface area contributed by atoms with Crippen molar-refractivity contribution < 1.29 is 14.7 Å². The molecule has 108 valence electrons. The molecule has 20 heavy (non-hydrogen) atoms. The minimum atomic E-state index is -0.817. The lowest BCUT2D eigenvalue weighted by molar-refractivity contribution is -0.138. The first-order chi connectivity index (χ1) is 9.54. The Balaban J connectivity index is 1.82. The van der Waals surface area contributed by atoms with Crippen molar-refractivity contribution in [3.05, 3.63) is 28.7 Å². The summed E-state index contributed by atoms with van der Waals surface area (Å²) in [5.74, 6) is -0.839. The van der Waals surface area contributed by atoms with Crippen LogP contribution in [0.4, 0.5) is 5.69 Å². The second-order valence-corrected chi connectivity index (χ2v) is 5.86. The van der Waals surface area contributed by atoms with Gasteiger partial charge in [-0.15, -0.1) is 0 Å². The average molecular weight is 341 g/mol. The number of piperidine rings is 1. The Labute approximate surface area is 126 Å². The predicted octanol–water partition coefficient (Wildman–Crippen LogP) is 2.18. The molecule has 0 aromatic heterocycles. The number of carbonyl (C=O) groups is 2. The van der Waals surface area contributed by atoms with Gasteiger partial charge in [0.2, 0.25) is 5.91 Å². The van der Waals surface area contributed by atoms with Crippen LogP contribution in [0.5, 0.6) is 0 Å². The number of aliphatic carboxylic acids is 1. The van der Waals surface area contributed by atoms with Gasteiger partial charge in [-0.25, -0.2) is 0 Å². The van der Waals surface area contributed by atoms with Crippen molar-refractivity contribution in [2.45, 2.75) is 12.8 Å². The maximum Gasteiger partial charge on any atom is 0.317 e.